The summed E-state index contributed by atoms with van der Waals surface area (Å²) < 4.78 is 2.23. The number of aromatic nitrogens is 2. The van der Waals surface area contributed by atoms with Gasteiger partial charge in [-0.1, -0.05) is 26.7 Å². The van der Waals surface area contributed by atoms with Gasteiger partial charge in [0.25, 0.3) is 0 Å². The van der Waals surface area contributed by atoms with Crippen LogP contribution in [0.4, 0.5) is 5.69 Å². The van der Waals surface area contributed by atoms with E-state index in [1.807, 2.05) is 18.5 Å². The molecule has 1 aromatic heterocycles. The molecule has 0 saturated heterocycles. The van der Waals surface area contributed by atoms with E-state index < -0.39 is 0 Å². The van der Waals surface area contributed by atoms with E-state index in [-0.39, 0.29) is 0 Å². The Morgan fingerprint density at radius 3 is 2.75 bits per heavy atom. The first-order chi connectivity index (χ1) is 7.74. The van der Waals surface area contributed by atoms with Crippen molar-refractivity contribution in [3.8, 4) is 0 Å². The number of fused-ring (bicyclic) bond motifs is 1. The lowest BCUT2D eigenvalue weighted by Gasteiger charge is -2.13. The lowest BCUT2D eigenvalue weighted by Crippen LogP contribution is -2.08. The minimum Gasteiger partial charge on any atom is -0.399 e. The van der Waals surface area contributed by atoms with Gasteiger partial charge in [0.05, 0.1) is 17.4 Å². The van der Waals surface area contributed by atoms with Crippen LogP contribution in [0.5, 0.6) is 0 Å². The predicted molar refractivity (Wildman–Crippen MR) is 68.2 cm³/mol. The molecule has 2 aromatic rings. The maximum Gasteiger partial charge on any atom is 0.0958 e. The second-order valence-corrected chi connectivity index (χ2v) is 4.33. The van der Waals surface area contributed by atoms with Gasteiger partial charge in [0.15, 0.2) is 0 Å². The van der Waals surface area contributed by atoms with Crippen LogP contribution in [0, 0.1) is 5.92 Å². The lowest BCUT2D eigenvalue weighted by molar-refractivity contribution is 0.424. The molecule has 0 atom stereocenters. The maximum atomic E-state index is 5.74. The van der Waals surface area contributed by atoms with Gasteiger partial charge in [-0.05, 0) is 24.1 Å². The lowest BCUT2D eigenvalue weighted by atomic mass is 10.0. The van der Waals surface area contributed by atoms with Crippen LogP contribution < -0.4 is 5.73 Å². The fourth-order valence-corrected chi connectivity index (χ4v) is 2.05. The summed E-state index contributed by atoms with van der Waals surface area (Å²) in [5, 5.41) is 0. The van der Waals surface area contributed by atoms with E-state index in [1.165, 1.54) is 18.4 Å². The van der Waals surface area contributed by atoms with Gasteiger partial charge in [-0.15, -0.1) is 0 Å². The number of benzene rings is 1. The van der Waals surface area contributed by atoms with E-state index in [4.69, 9.17) is 5.73 Å². The highest BCUT2D eigenvalue weighted by atomic mass is 15.0. The number of nitrogens with two attached hydrogens (primary N) is 1. The van der Waals surface area contributed by atoms with Crippen LogP contribution in [-0.4, -0.2) is 9.55 Å². The second-order valence-electron chi connectivity index (χ2n) is 4.33. The molecule has 0 bridgehead atoms. The number of imidazole rings is 1. The molecule has 1 aromatic carbocycles. The summed E-state index contributed by atoms with van der Waals surface area (Å²) in [7, 11) is 0. The molecule has 1 heterocycles. The first-order valence-corrected chi connectivity index (χ1v) is 5.95. The molecule has 0 amide bonds. The third kappa shape index (κ3) is 2.03. The fourth-order valence-electron chi connectivity index (χ4n) is 2.05. The molecule has 2 N–H and O–H groups in total. The SMILES string of the molecule is CCC(CC)Cn1cnc2cc(N)ccc21. The number of nitrogen functional groups attached to an aromatic ring is 1. The number of rotatable bonds is 4. The number of hydrogen-bond acceptors (Lipinski definition) is 2. The van der Waals surface area contributed by atoms with E-state index in [9.17, 15) is 0 Å². The van der Waals surface area contributed by atoms with Gasteiger partial charge in [0, 0.05) is 12.2 Å². The molecular formula is C13H19N3. The van der Waals surface area contributed by atoms with E-state index in [2.05, 4.69) is 29.5 Å². The van der Waals surface area contributed by atoms with Crippen molar-refractivity contribution in [3.63, 3.8) is 0 Å². The quantitative estimate of drug-likeness (QED) is 0.800. The maximum absolute atomic E-state index is 5.74. The van der Waals surface area contributed by atoms with E-state index >= 15 is 0 Å². The van der Waals surface area contributed by atoms with Gasteiger partial charge in [-0.25, -0.2) is 4.98 Å². The molecular weight excluding hydrogens is 198 g/mol. The van der Waals surface area contributed by atoms with Crippen LogP contribution in [0.2, 0.25) is 0 Å². The summed E-state index contributed by atoms with van der Waals surface area (Å²) in [6.45, 7) is 5.53. The Morgan fingerprint density at radius 1 is 1.31 bits per heavy atom. The Bertz CT molecular complexity index is 469. The van der Waals surface area contributed by atoms with Crippen LogP contribution in [0.25, 0.3) is 11.0 Å². The van der Waals surface area contributed by atoms with Crippen LogP contribution in [0.3, 0.4) is 0 Å². The van der Waals surface area contributed by atoms with Gasteiger partial charge in [0.1, 0.15) is 0 Å². The van der Waals surface area contributed by atoms with Crippen LogP contribution >= 0.6 is 0 Å². The van der Waals surface area contributed by atoms with Gasteiger partial charge in [0.2, 0.25) is 0 Å². The third-order valence-corrected chi connectivity index (χ3v) is 3.25. The topological polar surface area (TPSA) is 43.8 Å². The Balaban J connectivity index is 2.31. The monoisotopic (exact) mass is 217 g/mol. The normalized spacial score (nSPS) is 11.4. The molecule has 16 heavy (non-hydrogen) atoms. The average Bonchev–Trinajstić information content (AvgIpc) is 2.68. The van der Waals surface area contributed by atoms with E-state index in [0.717, 1.165) is 23.7 Å². The zero-order valence-electron chi connectivity index (χ0n) is 9.98. The molecule has 0 unspecified atom stereocenters. The van der Waals surface area contributed by atoms with E-state index in [1.54, 1.807) is 0 Å². The van der Waals surface area contributed by atoms with Crippen LogP contribution in [0.15, 0.2) is 24.5 Å². The molecule has 0 aliphatic carbocycles. The molecule has 0 aliphatic rings. The van der Waals surface area contributed by atoms with Crippen molar-refractivity contribution in [2.24, 2.45) is 5.92 Å². The zero-order valence-corrected chi connectivity index (χ0v) is 9.98. The minimum absolute atomic E-state index is 0.731. The standard InChI is InChI=1S/C13H19N3/c1-3-10(4-2)8-16-9-15-12-7-11(14)5-6-13(12)16/h5-7,9-10H,3-4,8,14H2,1-2H3. The van der Waals surface area contributed by atoms with Gasteiger partial charge in [-0.2, -0.15) is 0 Å². The Hall–Kier alpha value is -1.51. The van der Waals surface area contributed by atoms with Crippen molar-refractivity contribution in [2.45, 2.75) is 33.2 Å². The molecule has 3 heteroatoms. The summed E-state index contributed by atoms with van der Waals surface area (Å²) in [5.41, 5.74) is 8.69. The van der Waals surface area contributed by atoms with Crippen molar-refractivity contribution in [1.82, 2.24) is 9.55 Å². The zero-order chi connectivity index (χ0) is 11.5. The fraction of sp³-hybridized carbons (Fsp3) is 0.462. The average molecular weight is 217 g/mol. The van der Waals surface area contributed by atoms with Gasteiger partial charge < -0.3 is 10.3 Å². The number of nitrogens with zero attached hydrogens (tertiary/aromatic N) is 2. The summed E-state index contributed by atoms with van der Waals surface area (Å²) in [6.07, 6.45) is 4.35. The van der Waals surface area contributed by atoms with Crippen LogP contribution in [0.1, 0.15) is 26.7 Å². The van der Waals surface area contributed by atoms with Crippen molar-refractivity contribution < 1.29 is 0 Å². The first kappa shape index (κ1) is 11.0. The molecule has 0 saturated carbocycles. The Labute approximate surface area is 96.3 Å². The van der Waals surface area contributed by atoms with Crippen molar-refractivity contribution in [2.75, 3.05) is 5.73 Å². The summed E-state index contributed by atoms with van der Waals surface area (Å²) in [5.74, 6) is 0.731. The van der Waals surface area contributed by atoms with Crippen molar-refractivity contribution in [3.05, 3.63) is 24.5 Å². The highest BCUT2D eigenvalue weighted by Gasteiger charge is 2.07. The molecule has 0 aliphatic heterocycles. The second kappa shape index (κ2) is 4.56. The molecule has 3 nitrogen and oxygen atoms in total. The Kier molecular flexibility index (Phi) is 3.13. The number of hydrogen-bond donors (Lipinski definition) is 1. The molecule has 86 valence electrons. The molecule has 0 radical (unpaired) electrons. The van der Waals surface area contributed by atoms with Crippen molar-refractivity contribution in [1.29, 1.82) is 0 Å². The molecule has 0 spiro atoms. The van der Waals surface area contributed by atoms with Crippen LogP contribution in [-0.2, 0) is 6.54 Å². The third-order valence-electron chi connectivity index (χ3n) is 3.25. The highest BCUT2D eigenvalue weighted by molar-refractivity contribution is 5.78. The first-order valence-electron chi connectivity index (χ1n) is 5.95. The number of anilines is 1. The molecule has 2 rings (SSSR count). The molecule has 0 fully saturated rings. The van der Waals surface area contributed by atoms with Gasteiger partial charge in [-0.3, -0.25) is 0 Å². The summed E-state index contributed by atoms with van der Waals surface area (Å²) in [6, 6.07) is 5.92. The van der Waals surface area contributed by atoms with E-state index in [0.29, 0.717) is 0 Å². The smallest absolute Gasteiger partial charge is 0.0958 e. The largest absolute Gasteiger partial charge is 0.399 e. The predicted octanol–water partition coefficient (Wildman–Crippen LogP) is 3.05. The minimum atomic E-state index is 0.731. The van der Waals surface area contributed by atoms with Crippen molar-refractivity contribution >= 4 is 16.7 Å². The highest BCUT2D eigenvalue weighted by Crippen LogP contribution is 2.19. The summed E-state index contributed by atoms with van der Waals surface area (Å²) in [4.78, 5) is 4.38. The summed E-state index contributed by atoms with van der Waals surface area (Å²) >= 11 is 0. The Morgan fingerprint density at radius 2 is 2.06 bits per heavy atom. The van der Waals surface area contributed by atoms with Gasteiger partial charge >= 0.3 is 0 Å².